The first-order valence-electron chi connectivity index (χ1n) is 10.6. The molecule has 26 heavy (non-hydrogen) atoms. The van der Waals surface area contributed by atoms with E-state index in [0.29, 0.717) is 0 Å². The number of hydrogen-bond donors (Lipinski definition) is 0. The zero-order valence-corrected chi connectivity index (χ0v) is 17.5. The number of carbonyl (C=O) groups is 1. The highest BCUT2D eigenvalue weighted by Gasteiger charge is 2.33. The summed E-state index contributed by atoms with van der Waals surface area (Å²) in [6.45, 7) is 3.76. The first-order chi connectivity index (χ1) is 12.5. The second kappa shape index (κ2) is 12.9. The largest absolute Gasteiger partial charge is 0.363 e. The van der Waals surface area contributed by atoms with E-state index in [1.807, 2.05) is 20.2 Å². The van der Waals surface area contributed by atoms with Crippen molar-refractivity contribution >= 4 is 5.97 Å². The topological polar surface area (TPSA) is 26.3 Å². The second-order valence-corrected chi connectivity index (χ2v) is 7.91. The van der Waals surface area contributed by atoms with Gasteiger partial charge in [0.1, 0.15) is 14.1 Å². The smallest absolute Gasteiger partial charge is 0.277 e. The molecule has 1 rings (SSSR count). The molecule has 1 aromatic carbocycles. The van der Waals surface area contributed by atoms with E-state index in [4.69, 9.17) is 4.84 Å². The van der Waals surface area contributed by atoms with Crippen molar-refractivity contribution in [2.24, 2.45) is 0 Å². The molecule has 0 saturated heterocycles. The Labute approximate surface area is 161 Å². The molecule has 0 aliphatic heterocycles. The Balaban J connectivity index is 2.37. The van der Waals surface area contributed by atoms with Crippen LogP contribution in [-0.2, 0) is 9.63 Å². The highest BCUT2D eigenvalue weighted by molar-refractivity contribution is 5.65. The summed E-state index contributed by atoms with van der Waals surface area (Å²) in [6, 6.07) is 10.6. The van der Waals surface area contributed by atoms with Crippen LogP contribution >= 0.6 is 0 Å². The Morgan fingerprint density at radius 3 is 1.88 bits per heavy atom. The van der Waals surface area contributed by atoms with Crippen molar-refractivity contribution in [1.82, 2.24) is 0 Å². The van der Waals surface area contributed by atoms with Crippen LogP contribution in [0, 0.1) is 0 Å². The molecular weight excluding hydrogens is 322 g/mol. The highest BCUT2D eigenvalue weighted by Crippen LogP contribution is 2.31. The molecule has 0 N–H and O–H groups in total. The third kappa shape index (κ3) is 9.38. The fourth-order valence-electron chi connectivity index (χ4n) is 3.73. The molecule has 1 aromatic rings. The summed E-state index contributed by atoms with van der Waals surface area (Å²) < 4.78 is 0.261. The van der Waals surface area contributed by atoms with Gasteiger partial charge in [-0.3, -0.25) is 4.84 Å². The number of unbranched alkanes of at least 4 members (excludes halogenated alkanes) is 9. The van der Waals surface area contributed by atoms with Crippen molar-refractivity contribution < 1.29 is 14.3 Å². The molecule has 1 unspecified atom stereocenters. The van der Waals surface area contributed by atoms with Gasteiger partial charge in [-0.25, -0.2) is 4.79 Å². The predicted molar refractivity (Wildman–Crippen MR) is 110 cm³/mol. The molecule has 0 aliphatic carbocycles. The maximum Gasteiger partial charge on any atom is 0.363 e. The van der Waals surface area contributed by atoms with E-state index in [1.54, 1.807) is 0 Å². The van der Waals surface area contributed by atoms with Crippen molar-refractivity contribution in [2.45, 2.75) is 90.5 Å². The zero-order valence-electron chi connectivity index (χ0n) is 17.5. The van der Waals surface area contributed by atoms with Gasteiger partial charge in [-0.1, -0.05) is 95.0 Å². The minimum Gasteiger partial charge on any atom is -0.277 e. The minimum atomic E-state index is -0.223. The highest BCUT2D eigenvalue weighted by atomic mass is 16.7. The lowest BCUT2D eigenvalue weighted by Crippen LogP contribution is -2.44. The standard InChI is InChI=1S/C23H40NO2/c1-5-6-7-8-9-10-11-12-13-17-20-23(22-18-15-14-16-19-22)24(3,4)26-21(2)25/h14-16,18-19,23H,5-13,17,20H2,1-4H3/q+1. The molecule has 0 aliphatic rings. The quantitative estimate of drug-likeness (QED) is 0.212. The Bertz CT molecular complexity index is 484. The van der Waals surface area contributed by atoms with E-state index in [9.17, 15) is 4.79 Å². The molecule has 3 nitrogen and oxygen atoms in total. The van der Waals surface area contributed by atoms with Gasteiger partial charge < -0.3 is 0 Å². The molecule has 0 spiro atoms. The monoisotopic (exact) mass is 362 g/mol. The molecule has 0 fully saturated rings. The Morgan fingerprint density at radius 1 is 0.885 bits per heavy atom. The van der Waals surface area contributed by atoms with Crippen LogP contribution in [0.3, 0.4) is 0 Å². The summed E-state index contributed by atoms with van der Waals surface area (Å²) in [5, 5.41) is 0. The summed E-state index contributed by atoms with van der Waals surface area (Å²) in [5.41, 5.74) is 1.25. The second-order valence-electron chi connectivity index (χ2n) is 7.91. The van der Waals surface area contributed by atoms with E-state index in [-0.39, 0.29) is 16.7 Å². The van der Waals surface area contributed by atoms with E-state index >= 15 is 0 Å². The van der Waals surface area contributed by atoms with Gasteiger partial charge in [-0.2, -0.15) is 0 Å². The molecule has 0 saturated carbocycles. The summed E-state index contributed by atoms with van der Waals surface area (Å²) in [5.74, 6) is -0.223. The average Bonchev–Trinajstić information content (AvgIpc) is 2.59. The van der Waals surface area contributed by atoms with Gasteiger partial charge in [0.15, 0.2) is 6.04 Å². The van der Waals surface area contributed by atoms with Crippen molar-refractivity contribution in [3.8, 4) is 0 Å². The summed E-state index contributed by atoms with van der Waals surface area (Å²) in [4.78, 5) is 17.1. The predicted octanol–water partition coefficient (Wildman–Crippen LogP) is 6.59. The maximum absolute atomic E-state index is 11.5. The fourth-order valence-corrected chi connectivity index (χ4v) is 3.73. The number of rotatable bonds is 14. The van der Waals surface area contributed by atoms with Gasteiger partial charge in [0.2, 0.25) is 0 Å². The Morgan fingerprint density at radius 2 is 1.38 bits per heavy atom. The fraction of sp³-hybridized carbons (Fsp3) is 0.696. The molecule has 0 heterocycles. The zero-order chi connectivity index (χ0) is 19.3. The first-order valence-corrected chi connectivity index (χ1v) is 10.6. The molecule has 0 amide bonds. The van der Waals surface area contributed by atoms with Gasteiger partial charge in [0.05, 0.1) is 0 Å². The third-order valence-corrected chi connectivity index (χ3v) is 5.13. The van der Waals surface area contributed by atoms with Crippen LogP contribution in [0.25, 0.3) is 0 Å². The number of quaternary nitrogens is 1. The lowest BCUT2D eigenvalue weighted by molar-refractivity contribution is -1.08. The average molecular weight is 363 g/mol. The first kappa shape index (κ1) is 22.7. The van der Waals surface area contributed by atoms with Crippen molar-refractivity contribution in [1.29, 1.82) is 0 Å². The summed E-state index contributed by atoms with van der Waals surface area (Å²) >= 11 is 0. The van der Waals surface area contributed by atoms with Crippen LogP contribution in [0.4, 0.5) is 0 Å². The molecule has 0 bridgehead atoms. The van der Waals surface area contributed by atoms with Gasteiger partial charge >= 0.3 is 5.97 Å². The number of nitrogens with zero attached hydrogens (tertiary/aromatic N) is 1. The maximum atomic E-state index is 11.5. The van der Waals surface area contributed by atoms with Gasteiger partial charge in [-0.05, 0) is 6.42 Å². The van der Waals surface area contributed by atoms with Crippen LogP contribution in [0.5, 0.6) is 0 Å². The van der Waals surface area contributed by atoms with Crippen molar-refractivity contribution in [3.63, 3.8) is 0 Å². The number of carbonyl (C=O) groups excluding carboxylic acids is 1. The Hall–Kier alpha value is -1.35. The van der Waals surface area contributed by atoms with E-state index < -0.39 is 0 Å². The summed E-state index contributed by atoms with van der Waals surface area (Å²) in [6.07, 6.45) is 14.4. The van der Waals surface area contributed by atoms with Gasteiger partial charge in [-0.15, -0.1) is 4.65 Å². The minimum absolute atomic E-state index is 0.189. The molecule has 3 heteroatoms. The van der Waals surface area contributed by atoms with Crippen LogP contribution in [-0.4, -0.2) is 24.7 Å². The SMILES string of the molecule is CCCCCCCCCCCCC(c1ccccc1)[N+](C)(C)OC(C)=O. The van der Waals surface area contributed by atoms with Crippen LogP contribution in [0.1, 0.15) is 96.1 Å². The van der Waals surface area contributed by atoms with Gasteiger partial charge in [0.25, 0.3) is 0 Å². The van der Waals surface area contributed by atoms with Crippen molar-refractivity contribution in [2.75, 3.05) is 14.1 Å². The van der Waals surface area contributed by atoms with Crippen LogP contribution in [0.15, 0.2) is 30.3 Å². The molecule has 1 atom stereocenters. The normalized spacial score (nSPS) is 12.8. The lowest BCUT2D eigenvalue weighted by Gasteiger charge is -2.34. The summed E-state index contributed by atoms with van der Waals surface area (Å²) in [7, 11) is 3.96. The van der Waals surface area contributed by atoms with Gasteiger partial charge in [0, 0.05) is 18.9 Å². The molecule has 0 radical (unpaired) electrons. The molecule has 148 valence electrons. The lowest BCUT2D eigenvalue weighted by atomic mass is 9.98. The Kier molecular flexibility index (Phi) is 11.3. The van der Waals surface area contributed by atoms with E-state index in [2.05, 4.69) is 31.2 Å². The van der Waals surface area contributed by atoms with Crippen LogP contribution < -0.4 is 0 Å². The number of hydroxylamine groups is 3. The molecular formula is C23H40NO2+. The third-order valence-electron chi connectivity index (χ3n) is 5.13. The van der Waals surface area contributed by atoms with E-state index in [1.165, 1.54) is 76.7 Å². The van der Waals surface area contributed by atoms with Crippen LogP contribution in [0.2, 0.25) is 0 Å². The number of benzene rings is 1. The molecule has 0 aromatic heterocycles. The van der Waals surface area contributed by atoms with E-state index in [0.717, 1.165) is 6.42 Å². The van der Waals surface area contributed by atoms with Crippen molar-refractivity contribution in [3.05, 3.63) is 35.9 Å². The number of hydrogen-bond acceptors (Lipinski definition) is 2.